The van der Waals surface area contributed by atoms with Gasteiger partial charge in [-0.25, -0.2) is 4.79 Å². The first-order chi connectivity index (χ1) is 14.5. The van der Waals surface area contributed by atoms with Gasteiger partial charge in [0.1, 0.15) is 5.75 Å². The average molecular weight is 410 g/mol. The molecule has 6 heteroatoms. The molecule has 1 aliphatic rings. The van der Waals surface area contributed by atoms with Crippen LogP contribution in [0.25, 0.3) is 0 Å². The van der Waals surface area contributed by atoms with E-state index in [1.54, 1.807) is 24.3 Å². The summed E-state index contributed by atoms with van der Waals surface area (Å²) in [5, 5.41) is 8.41. The van der Waals surface area contributed by atoms with E-state index in [9.17, 15) is 9.59 Å². The number of amides is 3. The normalized spacial score (nSPS) is 14.2. The molecule has 3 rings (SSSR count). The summed E-state index contributed by atoms with van der Waals surface area (Å²) in [6.07, 6.45) is 6.38. The summed E-state index contributed by atoms with van der Waals surface area (Å²) in [5.74, 6) is 0.695. The molecule has 160 valence electrons. The van der Waals surface area contributed by atoms with Crippen LogP contribution >= 0.6 is 0 Å². The van der Waals surface area contributed by atoms with Gasteiger partial charge in [0.05, 0.1) is 6.10 Å². The van der Waals surface area contributed by atoms with Crippen LogP contribution in [0.3, 0.4) is 0 Å². The summed E-state index contributed by atoms with van der Waals surface area (Å²) in [4.78, 5) is 24.3. The highest BCUT2D eigenvalue weighted by Crippen LogP contribution is 2.23. The Morgan fingerprint density at radius 3 is 2.47 bits per heavy atom. The van der Waals surface area contributed by atoms with E-state index in [1.807, 2.05) is 38.1 Å². The number of carbonyl (C=O) groups is 2. The minimum absolute atomic E-state index is 0.0379. The molecule has 0 spiro atoms. The third kappa shape index (κ3) is 6.79. The first-order valence-corrected chi connectivity index (χ1v) is 10.7. The van der Waals surface area contributed by atoms with Gasteiger partial charge in [0.15, 0.2) is 0 Å². The van der Waals surface area contributed by atoms with Crippen LogP contribution in [0.1, 0.15) is 61.9 Å². The molecule has 3 amide bonds. The Bertz CT molecular complexity index is 843. The van der Waals surface area contributed by atoms with Gasteiger partial charge < -0.3 is 20.7 Å². The van der Waals surface area contributed by atoms with Gasteiger partial charge in [-0.2, -0.15) is 0 Å². The summed E-state index contributed by atoms with van der Waals surface area (Å²) in [5.41, 5.74) is 2.07. The zero-order valence-electron chi connectivity index (χ0n) is 17.7. The predicted octanol–water partition coefficient (Wildman–Crippen LogP) is 4.86. The van der Waals surface area contributed by atoms with E-state index in [4.69, 9.17) is 4.74 Å². The van der Waals surface area contributed by atoms with Crippen LogP contribution < -0.4 is 20.7 Å². The van der Waals surface area contributed by atoms with Crippen molar-refractivity contribution >= 4 is 17.6 Å². The summed E-state index contributed by atoms with van der Waals surface area (Å²) in [6, 6.07) is 14.5. The second kappa shape index (κ2) is 10.7. The Labute approximate surface area is 178 Å². The van der Waals surface area contributed by atoms with Gasteiger partial charge in [-0.15, -0.1) is 0 Å². The highest BCUT2D eigenvalue weighted by molar-refractivity contribution is 5.96. The lowest BCUT2D eigenvalue weighted by molar-refractivity contribution is 0.0951. The van der Waals surface area contributed by atoms with Gasteiger partial charge in [0.25, 0.3) is 5.91 Å². The smallest absolute Gasteiger partial charge is 0.319 e. The van der Waals surface area contributed by atoms with Crippen molar-refractivity contribution in [1.82, 2.24) is 10.6 Å². The average Bonchev–Trinajstić information content (AvgIpc) is 2.73. The third-order valence-electron chi connectivity index (χ3n) is 5.03. The molecule has 2 aromatic carbocycles. The zero-order chi connectivity index (χ0) is 21.3. The topological polar surface area (TPSA) is 79.5 Å². The number of nitrogens with one attached hydrogen (secondary N) is 3. The molecule has 0 atom stereocenters. The predicted molar refractivity (Wildman–Crippen MR) is 119 cm³/mol. The van der Waals surface area contributed by atoms with Crippen molar-refractivity contribution in [1.29, 1.82) is 0 Å². The quantitative estimate of drug-likeness (QED) is 0.611. The molecule has 1 fully saturated rings. The number of anilines is 1. The second-order valence-corrected chi connectivity index (χ2v) is 8.04. The van der Waals surface area contributed by atoms with Crippen LogP contribution in [0.5, 0.6) is 5.75 Å². The van der Waals surface area contributed by atoms with Crippen LogP contribution in [-0.2, 0) is 6.54 Å². The van der Waals surface area contributed by atoms with E-state index in [2.05, 4.69) is 16.0 Å². The van der Waals surface area contributed by atoms with E-state index >= 15 is 0 Å². The van der Waals surface area contributed by atoms with Crippen LogP contribution in [0, 0.1) is 0 Å². The van der Waals surface area contributed by atoms with Crippen molar-refractivity contribution in [3.05, 3.63) is 59.7 Å². The Hall–Kier alpha value is -3.02. The van der Waals surface area contributed by atoms with E-state index < -0.39 is 0 Å². The number of urea groups is 1. The lowest BCUT2D eigenvalue weighted by atomic mass is 9.98. The van der Waals surface area contributed by atoms with Crippen molar-refractivity contribution in [2.24, 2.45) is 0 Å². The minimum atomic E-state index is -0.293. The largest absolute Gasteiger partial charge is 0.490 e. The molecule has 0 bridgehead atoms. The van der Waals surface area contributed by atoms with Crippen LogP contribution in [0.2, 0.25) is 0 Å². The van der Waals surface area contributed by atoms with E-state index in [0.29, 0.717) is 23.9 Å². The third-order valence-corrected chi connectivity index (χ3v) is 5.03. The summed E-state index contributed by atoms with van der Waals surface area (Å²) in [6.45, 7) is 4.20. The molecule has 6 nitrogen and oxygen atoms in total. The standard InChI is InChI=1S/C24H31N3O3/c1-17(2)26-24(29)27-20-8-6-7-19(15-20)23(28)25-16-18-11-13-22(14-12-18)30-21-9-4-3-5-10-21/h6-8,11-15,17,21H,3-5,9-10,16H2,1-2H3,(H,25,28)(H2,26,27,29). The molecule has 30 heavy (non-hydrogen) atoms. The van der Waals surface area contributed by atoms with Gasteiger partial charge in [0, 0.05) is 23.8 Å². The van der Waals surface area contributed by atoms with Crippen molar-refractivity contribution in [3.63, 3.8) is 0 Å². The van der Waals surface area contributed by atoms with Crippen LogP contribution in [-0.4, -0.2) is 24.1 Å². The summed E-state index contributed by atoms with van der Waals surface area (Å²) < 4.78 is 6.05. The first-order valence-electron chi connectivity index (χ1n) is 10.7. The maximum Gasteiger partial charge on any atom is 0.319 e. The van der Waals surface area contributed by atoms with Gasteiger partial charge >= 0.3 is 6.03 Å². The van der Waals surface area contributed by atoms with Gasteiger partial charge in [-0.1, -0.05) is 24.6 Å². The van der Waals surface area contributed by atoms with Gasteiger partial charge in [-0.3, -0.25) is 4.79 Å². The second-order valence-electron chi connectivity index (χ2n) is 8.04. The number of ether oxygens (including phenoxy) is 1. The van der Waals surface area contributed by atoms with Crippen LogP contribution in [0.15, 0.2) is 48.5 Å². The molecule has 1 aliphatic carbocycles. The molecule has 2 aromatic rings. The fraction of sp³-hybridized carbons (Fsp3) is 0.417. The molecule has 0 heterocycles. The Balaban J connectivity index is 1.50. The van der Waals surface area contributed by atoms with Crippen molar-refractivity contribution in [2.45, 2.75) is 64.6 Å². The zero-order valence-corrected chi connectivity index (χ0v) is 17.7. The minimum Gasteiger partial charge on any atom is -0.490 e. The molecule has 0 saturated heterocycles. The van der Waals surface area contributed by atoms with E-state index in [1.165, 1.54) is 19.3 Å². The lowest BCUT2D eigenvalue weighted by Crippen LogP contribution is -2.34. The number of hydrogen-bond donors (Lipinski definition) is 3. The molecular formula is C24H31N3O3. The summed E-state index contributed by atoms with van der Waals surface area (Å²) >= 11 is 0. The Kier molecular flexibility index (Phi) is 7.71. The molecule has 1 saturated carbocycles. The van der Waals surface area contributed by atoms with Crippen molar-refractivity contribution in [2.75, 3.05) is 5.32 Å². The molecule has 0 radical (unpaired) electrons. The molecule has 0 unspecified atom stereocenters. The van der Waals surface area contributed by atoms with Gasteiger partial charge in [-0.05, 0) is 75.4 Å². The van der Waals surface area contributed by atoms with Crippen LogP contribution in [0.4, 0.5) is 10.5 Å². The molecule has 0 aromatic heterocycles. The Morgan fingerprint density at radius 1 is 1.03 bits per heavy atom. The fourth-order valence-corrected chi connectivity index (χ4v) is 3.51. The number of hydrogen-bond acceptors (Lipinski definition) is 3. The number of benzene rings is 2. The highest BCUT2D eigenvalue weighted by Gasteiger charge is 2.14. The van der Waals surface area contributed by atoms with Gasteiger partial charge in [0.2, 0.25) is 0 Å². The van der Waals surface area contributed by atoms with E-state index in [-0.39, 0.29) is 18.0 Å². The fourth-order valence-electron chi connectivity index (χ4n) is 3.51. The van der Waals surface area contributed by atoms with E-state index in [0.717, 1.165) is 24.2 Å². The van der Waals surface area contributed by atoms with Crippen molar-refractivity contribution in [3.8, 4) is 5.75 Å². The monoisotopic (exact) mass is 409 g/mol. The molecule has 3 N–H and O–H groups in total. The maximum atomic E-state index is 12.5. The van der Waals surface area contributed by atoms with Crippen molar-refractivity contribution < 1.29 is 14.3 Å². The number of carbonyl (C=O) groups excluding carboxylic acids is 2. The lowest BCUT2D eigenvalue weighted by Gasteiger charge is -2.23. The SMILES string of the molecule is CC(C)NC(=O)Nc1cccc(C(=O)NCc2ccc(OC3CCCCC3)cc2)c1. The molecular weight excluding hydrogens is 378 g/mol. The number of rotatable bonds is 7. The first kappa shape index (κ1) is 21.7. The summed E-state index contributed by atoms with van der Waals surface area (Å²) in [7, 11) is 0. The maximum absolute atomic E-state index is 12.5. The highest BCUT2D eigenvalue weighted by atomic mass is 16.5. The molecule has 0 aliphatic heterocycles. The Morgan fingerprint density at radius 2 is 1.77 bits per heavy atom.